The second-order valence-corrected chi connectivity index (χ2v) is 3.13. The van der Waals surface area contributed by atoms with E-state index in [1.54, 1.807) is 6.08 Å². The number of likely N-dealkylation sites (N-methyl/N-ethyl adjacent to an activating group) is 1. The summed E-state index contributed by atoms with van der Waals surface area (Å²) >= 11 is 0. The van der Waals surface area contributed by atoms with Crippen LogP contribution in [-0.2, 0) is 4.74 Å². The predicted molar refractivity (Wildman–Crippen MR) is 57.3 cm³/mol. The lowest BCUT2D eigenvalue weighted by Gasteiger charge is -2.20. The number of nitrogens with zero attached hydrogens (tertiary/aromatic N) is 1. The van der Waals surface area contributed by atoms with Crippen molar-refractivity contribution in [3.63, 3.8) is 0 Å². The third-order valence-electron chi connectivity index (χ3n) is 1.52. The Morgan fingerprint density at radius 3 is 2.62 bits per heavy atom. The molecule has 0 amide bonds. The minimum absolute atomic E-state index is 0.249. The molecule has 0 heterocycles. The molecule has 0 radical (unpaired) electrons. The minimum Gasteiger partial charge on any atom is -0.358 e. The van der Waals surface area contributed by atoms with E-state index in [1.807, 2.05) is 37.9 Å². The van der Waals surface area contributed by atoms with Crippen molar-refractivity contribution >= 4 is 0 Å². The van der Waals surface area contributed by atoms with Crippen molar-refractivity contribution in [2.75, 3.05) is 13.8 Å². The zero-order chi connectivity index (χ0) is 10.3. The van der Waals surface area contributed by atoms with Crippen LogP contribution in [0, 0.1) is 0 Å². The molecule has 0 atom stereocenters. The molecule has 0 aromatic rings. The van der Waals surface area contributed by atoms with Crippen molar-refractivity contribution in [3.05, 3.63) is 37.1 Å². The first-order chi connectivity index (χ1) is 6.07. The quantitative estimate of drug-likeness (QED) is 0.461. The van der Waals surface area contributed by atoms with Crippen molar-refractivity contribution in [3.8, 4) is 0 Å². The van der Waals surface area contributed by atoms with Crippen molar-refractivity contribution < 1.29 is 4.74 Å². The van der Waals surface area contributed by atoms with E-state index >= 15 is 0 Å². The van der Waals surface area contributed by atoms with Gasteiger partial charge in [0.15, 0.2) is 0 Å². The van der Waals surface area contributed by atoms with Crippen molar-refractivity contribution in [2.24, 2.45) is 0 Å². The number of hydrogen-bond acceptors (Lipinski definition) is 2. The first-order valence-electron chi connectivity index (χ1n) is 4.38. The summed E-state index contributed by atoms with van der Waals surface area (Å²) in [7, 11) is 1.94. The van der Waals surface area contributed by atoms with Crippen LogP contribution in [0.4, 0.5) is 0 Å². The van der Waals surface area contributed by atoms with Gasteiger partial charge in [0.2, 0.25) is 0 Å². The Morgan fingerprint density at radius 2 is 2.15 bits per heavy atom. The summed E-state index contributed by atoms with van der Waals surface area (Å²) in [5.74, 6) is 0. The fourth-order valence-corrected chi connectivity index (χ4v) is 0.650. The topological polar surface area (TPSA) is 12.5 Å². The molecule has 2 heteroatoms. The summed E-state index contributed by atoms with van der Waals surface area (Å²) in [5, 5.41) is 0. The molecule has 2 nitrogen and oxygen atoms in total. The van der Waals surface area contributed by atoms with Gasteiger partial charge in [-0.3, -0.25) is 0 Å². The van der Waals surface area contributed by atoms with Gasteiger partial charge in [-0.25, -0.2) is 0 Å². The van der Waals surface area contributed by atoms with E-state index in [1.165, 1.54) is 0 Å². The zero-order valence-electron chi connectivity index (χ0n) is 8.79. The Balaban J connectivity index is 3.82. The third kappa shape index (κ3) is 6.17. The van der Waals surface area contributed by atoms with Crippen molar-refractivity contribution in [2.45, 2.75) is 20.0 Å². The van der Waals surface area contributed by atoms with E-state index in [0.29, 0.717) is 6.73 Å². The first-order valence-corrected chi connectivity index (χ1v) is 4.38. The van der Waals surface area contributed by atoms with E-state index in [9.17, 15) is 0 Å². The van der Waals surface area contributed by atoms with Crippen LogP contribution in [0.5, 0.6) is 0 Å². The maximum Gasteiger partial charge on any atom is 0.119 e. The summed E-state index contributed by atoms with van der Waals surface area (Å²) in [4.78, 5) is 1.94. The Kier molecular flexibility index (Phi) is 5.98. The van der Waals surface area contributed by atoms with Gasteiger partial charge >= 0.3 is 0 Å². The molecule has 0 saturated carbocycles. The standard InChI is InChI=1S/C11H19NO/c1-6-7-8-11(4)12(5)9-13-10(2)3/h6-8,10H,1,4,9H2,2-3,5H3/b8-7-. The summed E-state index contributed by atoms with van der Waals surface area (Å²) in [6, 6.07) is 0. The van der Waals surface area contributed by atoms with Crippen LogP contribution in [0.3, 0.4) is 0 Å². The lowest BCUT2D eigenvalue weighted by Crippen LogP contribution is -2.22. The molecule has 0 aliphatic heterocycles. The Bertz CT molecular complexity index is 194. The van der Waals surface area contributed by atoms with Gasteiger partial charge in [0.05, 0.1) is 6.10 Å². The minimum atomic E-state index is 0.249. The Hall–Kier alpha value is -1.02. The van der Waals surface area contributed by atoms with Gasteiger partial charge in [-0.2, -0.15) is 0 Å². The summed E-state index contributed by atoms with van der Waals surface area (Å²) in [6.07, 6.45) is 5.73. The van der Waals surface area contributed by atoms with Gasteiger partial charge in [-0.05, 0) is 19.9 Å². The molecule has 0 aromatic carbocycles. The average Bonchev–Trinajstić information content (AvgIpc) is 2.10. The van der Waals surface area contributed by atoms with Gasteiger partial charge in [0, 0.05) is 12.7 Å². The first kappa shape index (κ1) is 12.0. The van der Waals surface area contributed by atoms with Crippen molar-refractivity contribution in [1.29, 1.82) is 0 Å². The van der Waals surface area contributed by atoms with Crippen LogP contribution >= 0.6 is 0 Å². The molecule has 0 aliphatic rings. The molecule has 0 rings (SSSR count). The molecule has 0 N–H and O–H groups in total. The van der Waals surface area contributed by atoms with Gasteiger partial charge in [0.25, 0.3) is 0 Å². The highest BCUT2D eigenvalue weighted by atomic mass is 16.5. The maximum absolute atomic E-state index is 5.41. The molecule has 0 unspecified atom stereocenters. The Morgan fingerprint density at radius 1 is 1.54 bits per heavy atom. The predicted octanol–water partition coefficient (Wildman–Crippen LogP) is 2.56. The highest BCUT2D eigenvalue weighted by Crippen LogP contribution is 2.01. The van der Waals surface area contributed by atoms with Crippen molar-refractivity contribution in [1.82, 2.24) is 4.90 Å². The maximum atomic E-state index is 5.41. The number of ether oxygens (including phenoxy) is 1. The molecule has 0 spiro atoms. The van der Waals surface area contributed by atoms with E-state index in [-0.39, 0.29) is 6.10 Å². The Labute approximate surface area is 81.2 Å². The fourth-order valence-electron chi connectivity index (χ4n) is 0.650. The van der Waals surface area contributed by atoms with E-state index in [2.05, 4.69) is 13.2 Å². The van der Waals surface area contributed by atoms with Crippen LogP contribution in [0.25, 0.3) is 0 Å². The largest absolute Gasteiger partial charge is 0.358 e. The molecule has 0 aromatic heterocycles. The molecule has 0 saturated heterocycles. The van der Waals surface area contributed by atoms with E-state index in [0.717, 1.165) is 5.70 Å². The van der Waals surface area contributed by atoms with Crippen LogP contribution in [0.2, 0.25) is 0 Å². The van der Waals surface area contributed by atoms with Gasteiger partial charge in [-0.15, -0.1) is 0 Å². The zero-order valence-corrected chi connectivity index (χ0v) is 8.79. The van der Waals surface area contributed by atoms with Crippen LogP contribution in [0.1, 0.15) is 13.8 Å². The average molecular weight is 181 g/mol. The highest BCUT2D eigenvalue weighted by Gasteiger charge is 1.99. The van der Waals surface area contributed by atoms with Gasteiger partial charge < -0.3 is 9.64 Å². The van der Waals surface area contributed by atoms with Gasteiger partial charge in [-0.1, -0.05) is 25.3 Å². The number of allylic oxidation sites excluding steroid dienone is 3. The second kappa shape index (κ2) is 6.49. The SMILES string of the molecule is C=C/C=C\C(=C)N(C)COC(C)C. The van der Waals surface area contributed by atoms with Gasteiger partial charge in [0.1, 0.15) is 6.73 Å². The smallest absolute Gasteiger partial charge is 0.119 e. The molecule has 0 aliphatic carbocycles. The number of hydrogen-bond donors (Lipinski definition) is 0. The molecular formula is C11H19NO. The lowest BCUT2D eigenvalue weighted by atomic mass is 10.4. The van der Waals surface area contributed by atoms with Crippen LogP contribution in [-0.4, -0.2) is 24.8 Å². The molecular weight excluding hydrogens is 162 g/mol. The van der Waals surface area contributed by atoms with E-state index in [4.69, 9.17) is 4.74 Å². The third-order valence-corrected chi connectivity index (χ3v) is 1.52. The van der Waals surface area contributed by atoms with Crippen LogP contribution < -0.4 is 0 Å². The summed E-state index contributed by atoms with van der Waals surface area (Å²) in [5.41, 5.74) is 0.917. The molecule has 13 heavy (non-hydrogen) atoms. The number of rotatable bonds is 6. The summed E-state index contributed by atoms with van der Waals surface area (Å²) < 4.78 is 5.41. The van der Waals surface area contributed by atoms with Crippen LogP contribution in [0.15, 0.2) is 37.1 Å². The normalized spacial score (nSPS) is 10.8. The monoisotopic (exact) mass is 181 g/mol. The lowest BCUT2D eigenvalue weighted by molar-refractivity contribution is 0.0199. The second-order valence-electron chi connectivity index (χ2n) is 3.13. The summed E-state index contributed by atoms with van der Waals surface area (Å²) in [6.45, 7) is 12.1. The molecule has 0 bridgehead atoms. The highest BCUT2D eigenvalue weighted by molar-refractivity contribution is 5.16. The fraction of sp³-hybridized carbons (Fsp3) is 0.455. The molecule has 0 fully saturated rings. The van der Waals surface area contributed by atoms with E-state index < -0.39 is 0 Å². The molecule has 74 valence electrons.